The number of aliphatic carboxylic acids is 4. The zero-order valence-corrected chi connectivity index (χ0v) is 30.6. The molecular formula is C32H62N4O9S. The van der Waals surface area contributed by atoms with Gasteiger partial charge in [-0.25, -0.2) is 0 Å². The highest BCUT2D eigenvalue weighted by Gasteiger charge is 2.32. The molecule has 0 aliphatic carbocycles. The fraction of sp³-hybridized carbons (Fsp3) is 0.844. The molecule has 0 aromatic carbocycles. The maximum Gasteiger partial charge on any atom is 0.320 e. The van der Waals surface area contributed by atoms with E-state index in [1.54, 1.807) is 41.7 Å². The van der Waals surface area contributed by atoms with Crippen molar-refractivity contribution in [2.75, 3.05) is 58.6 Å². The van der Waals surface area contributed by atoms with Crippen LogP contribution >= 0.6 is 12.6 Å². The summed E-state index contributed by atoms with van der Waals surface area (Å²) in [6, 6.07) is -3.33. The molecule has 1 saturated heterocycles. The first kappa shape index (κ1) is 45.9. The molecule has 13 nitrogen and oxygen atoms in total. The molecule has 1 aliphatic heterocycles. The minimum atomic E-state index is -1.02. The number of rotatable bonds is 12. The number of hydrogen-bond acceptors (Lipinski definition) is 10. The predicted molar refractivity (Wildman–Crippen MR) is 183 cm³/mol. The summed E-state index contributed by atoms with van der Waals surface area (Å²) in [5.41, 5.74) is 0.0191. The molecule has 1 fully saturated rings. The van der Waals surface area contributed by atoms with Crippen LogP contribution in [0, 0.1) is 17.3 Å². The van der Waals surface area contributed by atoms with E-state index < -0.39 is 48.0 Å². The molecule has 46 heavy (non-hydrogen) atoms. The summed E-state index contributed by atoms with van der Waals surface area (Å²) < 4.78 is 0. The molecule has 0 amide bonds. The van der Waals surface area contributed by atoms with Gasteiger partial charge in [0.05, 0.1) is 0 Å². The second-order valence-electron chi connectivity index (χ2n) is 13.3. The zero-order valence-electron chi connectivity index (χ0n) is 29.7. The highest BCUT2D eigenvalue weighted by atomic mass is 32.1. The summed E-state index contributed by atoms with van der Waals surface area (Å²) >= 11 is 3.53. The summed E-state index contributed by atoms with van der Waals surface area (Å²) in [6.45, 7) is 19.1. The van der Waals surface area contributed by atoms with E-state index >= 15 is 0 Å². The van der Waals surface area contributed by atoms with Gasteiger partial charge in [0, 0.05) is 58.3 Å². The first-order valence-corrected chi connectivity index (χ1v) is 16.9. The van der Waals surface area contributed by atoms with E-state index in [4.69, 9.17) is 0 Å². The van der Waals surface area contributed by atoms with Gasteiger partial charge in [0.25, 0.3) is 0 Å². The lowest BCUT2D eigenvalue weighted by Crippen LogP contribution is -2.55. The molecule has 0 saturated carbocycles. The Morgan fingerprint density at radius 1 is 0.587 bits per heavy atom. The first-order valence-electron chi connectivity index (χ1n) is 16.0. The van der Waals surface area contributed by atoms with Gasteiger partial charge < -0.3 is 25.2 Å². The van der Waals surface area contributed by atoms with Crippen molar-refractivity contribution >= 4 is 42.8 Å². The Bertz CT molecular complexity index is 896. The monoisotopic (exact) mass is 678 g/mol. The molecule has 5 atom stereocenters. The number of thiol groups is 1. The average molecular weight is 679 g/mol. The largest absolute Gasteiger partial charge is 0.480 e. The van der Waals surface area contributed by atoms with E-state index in [2.05, 4.69) is 40.3 Å². The maximum atomic E-state index is 12.4. The van der Waals surface area contributed by atoms with Gasteiger partial charge in [0.15, 0.2) is 0 Å². The van der Waals surface area contributed by atoms with Gasteiger partial charge in [-0.1, -0.05) is 41.5 Å². The van der Waals surface area contributed by atoms with E-state index in [1.807, 2.05) is 18.7 Å². The maximum absolute atomic E-state index is 12.4. The third kappa shape index (κ3) is 17.6. The lowest BCUT2D eigenvalue weighted by Gasteiger charge is -2.39. The van der Waals surface area contributed by atoms with Crippen LogP contribution in [0.4, 0.5) is 0 Å². The van der Waals surface area contributed by atoms with Crippen molar-refractivity contribution in [1.29, 1.82) is 0 Å². The number of aldehydes is 1. The van der Waals surface area contributed by atoms with Crippen molar-refractivity contribution in [3.05, 3.63) is 0 Å². The Balaban J connectivity index is 0. The Hall–Kier alpha value is -2.26. The van der Waals surface area contributed by atoms with Gasteiger partial charge in [0.2, 0.25) is 0 Å². The standard InChI is InChI=1S/C27H50N4O8.C4H8O.CH4S/c1-18(27(5,6)7)8-9-22(26(38)39)31-16-14-29(20(3)24(34)35)12-10-28(19(2)23(32)33)11-13-30(15-17-31)21(4)25(36)37;1-4(2)3-5;1-2/h18-22H,8-17H2,1-7H3,(H,32,33)(H,34,35)(H,36,37)(H,38,39);3-4H,1-2H3;2H,1H3. The van der Waals surface area contributed by atoms with Crippen LogP contribution in [0.1, 0.15) is 75.2 Å². The van der Waals surface area contributed by atoms with Crippen LogP contribution in [-0.4, -0.2) is 153 Å². The van der Waals surface area contributed by atoms with Crippen LogP contribution < -0.4 is 0 Å². The smallest absolute Gasteiger partial charge is 0.320 e. The highest BCUT2D eigenvalue weighted by molar-refractivity contribution is 7.79. The Labute approximate surface area is 281 Å². The van der Waals surface area contributed by atoms with Gasteiger partial charge >= 0.3 is 23.9 Å². The molecule has 4 N–H and O–H groups in total. The number of nitrogens with zero attached hydrogens (tertiary/aromatic N) is 4. The van der Waals surface area contributed by atoms with Crippen LogP contribution in [0.5, 0.6) is 0 Å². The third-order valence-corrected chi connectivity index (χ3v) is 8.76. The number of carbonyl (C=O) groups excluding carboxylic acids is 1. The molecule has 14 heteroatoms. The van der Waals surface area contributed by atoms with Crippen molar-refractivity contribution in [1.82, 2.24) is 19.6 Å². The molecule has 1 rings (SSSR count). The molecule has 1 heterocycles. The first-order chi connectivity index (χ1) is 21.2. The van der Waals surface area contributed by atoms with Crippen LogP contribution in [-0.2, 0) is 24.0 Å². The lowest BCUT2D eigenvalue weighted by molar-refractivity contribution is -0.147. The van der Waals surface area contributed by atoms with Gasteiger partial charge in [0.1, 0.15) is 30.5 Å². The predicted octanol–water partition coefficient (Wildman–Crippen LogP) is 2.93. The second-order valence-corrected chi connectivity index (χ2v) is 13.3. The zero-order chi connectivity index (χ0) is 36.4. The average Bonchev–Trinajstić information content (AvgIpc) is 2.97. The molecular weight excluding hydrogens is 616 g/mol. The van der Waals surface area contributed by atoms with Crippen molar-refractivity contribution in [2.24, 2.45) is 17.3 Å². The summed E-state index contributed by atoms with van der Waals surface area (Å²) in [6.07, 6.45) is 3.73. The molecule has 0 spiro atoms. The van der Waals surface area contributed by atoms with Crippen LogP contribution in [0.15, 0.2) is 0 Å². The van der Waals surface area contributed by atoms with E-state index in [0.717, 1.165) is 6.29 Å². The van der Waals surface area contributed by atoms with Gasteiger partial charge in [-0.3, -0.25) is 38.8 Å². The molecule has 0 aromatic heterocycles. The van der Waals surface area contributed by atoms with Crippen molar-refractivity contribution in [3.8, 4) is 0 Å². The van der Waals surface area contributed by atoms with Gasteiger partial charge in [-0.2, -0.15) is 12.6 Å². The third-order valence-electron chi connectivity index (χ3n) is 8.76. The van der Waals surface area contributed by atoms with Crippen LogP contribution in [0.3, 0.4) is 0 Å². The molecule has 270 valence electrons. The SMILES string of the molecule is CC(C(=O)O)N1CCN(C(C)C(=O)O)CCN(C(CCC(C)C(C)(C)C)C(=O)O)CCN(C(C)C(=O)O)CC1.CC(C)C=O.CS. The van der Waals surface area contributed by atoms with Crippen LogP contribution in [0.2, 0.25) is 0 Å². The fourth-order valence-electron chi connectivity index (χ4n) is 4.72. The van der Waals surface area contributed by atoms with E-state index in [1.165, 1.54) is 0 Å². The topological polar surface area (TPSA) is 179 Å². The highest BCUT2D eigenvalue weighted by Crippen LogP contribution is 2.30. The van der Waals surface area contributed by atoms with E-state index in [0.29, 0.717) is 12.8 Å². The number of carboxylic acid groups (broad SMARTS) is 4. The summed E-state index contributed by atoms with van der Waals surface area (Å²) in [5, 5.41) is 39.2. The minimum Gasteiger partial charge on any atom is -0.480 e. The van der Waals surface area contributed by atoms with E-state index in [9.17, 15) is 44.4 Å². The Morgan fingerprint density at radius 2 is 0.848 bits per heavy atom. The van der Waals surface area contributed by atoms with Crippen LogP contribution in [0.25, 0.3) is 0 Å². The van der Waals surface area contributed by atoms with Crippen molar-refractivity contribution in [3.63, 3.8) is 0 Å². The quantitative estimate of drug-likeness (QED) is 0.150. The summed E-state index contributed by atoms with van der Waals surface area (Å²) in [5.74, 6) is -3.52. The Morgan fingerprint density at radius 3 is 1.04 bits per heavy atom. The molecule has 0 bridgehead atoms. The molecule has 0 radical (unpaired) electrons. The number of carboxylic acids is 4. The normalized spacial score (nSPS) is 19.7. The lowest BCUT2D eigenvalue weighted by atomic mass is 9.79. The molecule has 5 unspecified atom stereocenters. The fourth-order valence-corrected chi connectivity index (χ4v) is 4.72. The van der Waals surface area contributed by atoms with Gasteiger partial charge in [-0.05, 0) is 51.2 Å². The Kier molecular flexibility index (Phi) is 23.1. The van der Waals surface area contributed by atoms with Gasteiger partial charge in [-0.15, -0.1) is 0 Å². The summed E-state index contributed by atoms with van der Waals surface area (Å²) in [7, 11) is 0. The number of carbonyl (C=O) groups is 5. The van der Waals surface area contributed by atoms with Crippen molar-refractivity contribution < 1.29 is 44.4 Å². The molecule has 0 aromatic rings. The van der Waals surface area contributed by atoms with Crippen molar-refractivity contribution in [2.45, 2.75) is 99.3 Å². The minimum absolute atomic E-state index is 0.0191. The summed E-state index contributed by atoms with van der Waals surface area (Å²) in [4.78, 5) is 64.5. The van der Waals surface area contributed by atoms with E-state index in [-0.39, 0.29) is 69.6 Å². The molecule has 1 aliphatic rings. The second kappa shape index (κ2) is 23.1. The number of hydrogen-bond donors (Lipinski definition) is 5.